The lowest BCUT2D eigenvalue weighted by Crippen LogP contribution is -2.51. The minimum atomic E-state index is -0.735. The monoisotopic (exact) mass is 349 g/mol. The fourth-order valence-electron chi connectivity index (χ4n) is 2.15. The molecule has 0 spiro atoms. The van der Waals surface area contributed by atoms with Gasteiger partial charge in [-0.05, 0) is 44.0 Å². The predicted octanol–water partition coefficient (Wildman–Crippen LogP) is 1.09. The summed E-state index contributed by atoms with van der Waals surface area (Å²) in [5.74, 6) is -0.507. The molecule has 0 unspecified atom stereocenters. The number of amides is 3. The van der Waals surface area contributed by atoms with Gasteiger partial charge >= 0.3 is 0 Å². The zero-order valence-electron chi connectivity index (χ0n) is 15.4. The second-order valence-corrected chi connectivity index (χ2v) is 6.36. The number of rotatable bonds is 8. The molecule has 1 aromatic carbocycles. The van der Waals surface area contributed by atoms with Crippen molar-refractivity contribution in [2.45, 2.75) is 39.8 Å². The van der Waals surface area contributed by atoms with Crippen LogP contribution in [0.25, 0.3) is 0 Å². The van der Waals surface area contributed by atoms with Crippen molar-refractivity contribution < 1.29 is 19.1 Å². The highest BCUT2D eigenvalue weighted by molar-refractivity contribution is 5.98. The number of carbonyl (C=O) groups excluding carboxylic acids is 3. The summed E-state index contributed by atoms with van der Waals surface area (Å²) in [5, 5.41) is 7.96. The van der Waals surface area contributed by atoms with Gasteiger partial charge < -0.3 is 20.7 Å². The fourth-order valence-corrected chi connectivity index (χ4v) is 2.15. The highest BCUT2D eigenvalue weighted by Gasteiger charge is 2.25. The minimum absolute atomic E-state index is 0.0000672. The fraction of sp³-hybridized carbons (Fsp3) is 0.500. The van der Waals surface area contributed by atoms with Gasteiger partial charge in [0.1, 0.15) is 11.8 Å². The summed E-state index contributed by atoms with van der Waals surface area (Å²) in [6.45, 7) is 7.20. The van der Waals surface area contributed by atoms with Crippen LogP contribution in [0, 0.1) is 5.92 Å². The van der Waals surface area contributed by atoms with E-state index < -0.39 is 11.9 Å². The number of ether oxygens (including phenoxy) is 1. The van der Waals surface area contributed by atoms with Crippen molar-refractivity contribution in [3.63, 3.8) is 0 Å². The average Bonchev–Trinajstić information content (AvgIpc) is 2.56. The highest BCUT2D eigenvalue weighted by Crippen LogP contribution is 2.12. The molecule has 0 saturated carbocycles. The Bertz CT molecular complexity index is 597. The van der Waals surface area contributed by atoms with E-state index in [-0.39, 0.29) is 30.3 Å². The van der Waals surface area contributed by atoms with Crippen molar-refractivity contribution in [3.05, 3.63) is 29.8 Å². The molecule has 0 aliphatic carbocycles. The maximum atomic E-state index is 12.3. The second kappa shape index (κ2) is 9.66. The van der Waals surface area contributed by atoms with Crippen LogP contribution in [0.4, 0.5) is 0 Å². The van der Waals surface area contributed by atoms with E-state index in [0.717, 1.165) is 0 Å². The van der Waals surface area contributed by atoms with Crippen molar-refractivity contribution in [3.8, 4) is 5.75 Å². The molecule has 7 nitrogen and oxygen atoms in total. The van der Waals surface area contributed by atoms with Gasteiger partial charge in [0, 0.05) is 11.6 Å². The molecule has 0 radical (unpaired) electrons. The van der Waals surface area contributed by atoms with E-state index >= 15 is 0 Å². The molecule has 3 N–H and O–H groups in total. The summed E-state index contributed by atoms with van der Waals surface area (Å²) in [6, 6.07) is 5.87. The Morgan fingerprint density at radius 2 is 1.60 bits per heavy atom. The van der Waals surface area contributed by atoms with E-state index in [1.807, 2.05) is 27.7 Å². The van der Waals surface area contributed by atoms with Gasteiger partial charge in [0.15, 0.2) is 0 Å². The van der Waals surface area contributed by atoms with Gasteiger partial charge in [-0.25, -0.2) is 0 Å². The number of nitrogens with one attached hydrogen (secondary N) is 3. The van der Waals surface area contributed by atoms with E-state index in [2.05, 4.69) is 16.0 Å². The van der Waals surface area contributed by atoms with Gasteiger partial charge in [-0.2, -0.15) is 0 Å². The van der Waals surface area contributed by atoms with Crippen LogP contribution in [0.1, 0.15) is 38.1 Å². The molecule has 0 aliphatic rings. The molecule has 1 rings (SSSR count). The molecule has 0 fully saturated rings. The van der Waals surface area contributed by atoms with Crippen LogP contribution in [0.3, 0.4) is 0 Å². The van der Waals surface area contributed by atoms with Crippen molar-refractivity contribution in [2.24, 2.45) is 5.92 Å². The van der Waals surface area contributed by atoms with Gasteiger partial charge in [0.25, 0.3) is 5.91 Å². The Balaban J connectivity index is 2.67. The summed E-state index contributed by atoms with van der Waals surface area (Å²) in [6.07, 6.45) is 0. The van der Waals surface area contributed by atoms with Crippen LogP contribution in [-0.4, -0.2) is 43.5 Å². The van der Waals surface area contributed by atoms with Crippen LogP contribution >= 0.6 is 0 Å². The van der Waals surface area contributed by atoms with Crippen molar-refractivity contribution in [2.75, 3.05) is 13.7 Å². The maximum absolute atomic E-state index is 12.3. The Morgan fingerprint density at radius 3 is 2.08 bits per heavy atom. The molecule has 3 amide bonds. The molecule has 1 aromatic rings. The summed E-state index contributed by atoms with van der Waals surface area (Å²) in [7, 11) is 1.55. The Kier molecular flexibility index (Phi) is 7.91. The molecule has 0 saturated heterocycles. The van der Waals surface area contributed by atoms with Gasteiger partial charge in [0.05, 0.1) is 13.7 Å². The lowest BCUT2D eigenvalue weighted by Gasteiger charge is -2.22. The maximum Gasteiger partial charge on any atom is 0.251 e. The van der Waals surface area contributed by atoms with Crippen molar-refractivity contribution in [1.29, 1.82) is 0 Å². The summed E-state index contributed by atoms with van der Waals surface area (Å²) in [4.78, 5) is 36.3. The lowest BCUT2D eigenvalue weighted by molar-refractivity contribution is -0.128. The standard InChI is InChI=1S/C18H27N3O4/c1-11(2)16(18(24)19-10-15(22)20-12(3)4)21-17(23)13-6-8-14(25-5)9-7-13/h6-9,11-12,16H,10H2,1-5H3,(H,19,24)(H,20,22)(H,21,23)/t16-/m0/s1. The Hall–Kier alpha value is -2.57. The SMILES string of the molecule is COc1ccc(C(=O)N[C@H](C(=O)NCC(=O)NC(C)C)C(C)C)cc1. The molecule has 138 valence electrons. The first-order chi connectivity index (χ1) is 11.7. The summed E-state index contributed by atoms with van der Waals surface area (Å²) in [5.41, 5.74) is 0.428. The van der Waals surface area contributed by atoms with Crippen LogP contribution in [-0.2, 0) is 9.59 Å². The molecule has 7 heteroatoms. The van der Waals surface area contributed by atoms with Gasteiger partial charge in [-0.1, -0.05) is 13.8 Å². The molecule has 1 atom stereocenters. The van der Waals surface area contributed by atoms with Crippen molar-refractivity contribution >= 4 is 17.7 Å². The van der Waals surface area contributed by atoms with Crippen molar-refractivity contribution in [1.82, 2.24) is 16.0 Å². The zero-order chi connectivity index (χ0) is 19.0. The van der Waals surface area contributed by atoms with Gasteiger partial charge in [-0.15, -0.1) is 0 Å². The van der Waals surface area contributed by atoms with Crippen LogP contribution in [0.15, 0.2) is 24.3 Å². The normalized spacial score (nSPS) is 11.8. The smallest absolute Gasteiger partial charge is 0.251 e. The largest absolute Gasteiger partial charge is 0.497 e. The third-order valence-electron chi connectivity index (χ3n) is 3.46. The van der Waals surface area contributed by atoms with E-state index in [1.165, 1.54) is 0 Å². The Morgan fingerprint density at radius 1 is 1.00 bits per heavy atom. The first-order valence-corrected chi connectivity index (χ1v) is 8.26. The highest BCUT2D eigenvalue weighted by atomic mass is 16.5. The number of methoxy groups -OCH3 is 1. The molecule has 0 bridgehead atoms. The molecule has 0 aromatic heterocycles. The average molecular weight is 349 g/mol. The first kappa shape index (κ1) is 20.5. The van der Waals surface area contributed by atoms with Crippen LogP contribution in [0.5, 0.6) is 5.75 Å². The van der Waals surface area contributed by atoms with E-state index in [1.54, 1.807) is 31.4 Å². The Labute approximate surface area is 148 Å². The van der Waals surface area contributed by atoms with Crippen LogP contribution < -0.4 is 20.7 Å². The van der Waals surface area contributed by atoms with Gasteiger partial charge in [-0.3, -0.25) is 14.4 Å². The molecular formula is C18H27N3O4. The quantitative estimate of drug-likeness (QED) is 0.654. The minimum Gasteiger partial charge on any atom is -0.497 e. The van der Waals surface area contributed by atoms with Gasteiger partial charge in [0.2, 0.25) is 11.8 Å². The lowest BCUT2D eigenvalue weighted by atomic mass is 10.0. The summed E-state index contributed by atoms with van der Waals surface area (Å²) < 4.78 is 5.05. The second-order valence-electron chi connectivity index (χ2n) is 6.36. The number of benzene rings is 1. The molecular weight excluding hydrogens is 322 g/mol. The molecule has 0 aliphatic heterocycles. The van der Waals surface area contributed by atoms with E-state index in [4.69, 9.17) is 4.74 Å². The van der Waals surface area contributed by atoms with E-state index in [0.29, 0.717) is 11.3 Å². The van der Waals surface area contributed by atoms with Crippen LogP contribution in [0.2, 0.25) is 0 Å². The molecule has 25 heavy (non-hydrogen) atoms. The summed E-state index contributed by atoms with van der Waals surface area (Å²) >= 11 is 0. The van der Waals surface area contributed by atoms with E-state index in [9.17, 15) is 14.4 Å². The molecule has 0 heterocycles. The number of hydrogen-bond donors (Lipinski definition) is 3. The zero-order valence-corrected chi connectivity index (χ0v) is 15.4. The third-order valence-corrected chi connectivity index (χ3v) is 3.46. The predicted molar refractivity (Wildman–Crippen MR) is 95.4 cm³/mol. The number of hydrogen-bond acceptors (Lipinski definition) is 4. The topological polar surface area (TPSA) is 96.5 Å². The number of carbonyl (C=O) groups is 3. The first-order valence-electron chi connectivity index (χ1n) is 8.26. The third kappa shape index (κ3) is 6.82.